The fourth-order valence-electron chi connectivity index (χ4n) is 1.81. The zero-order valence-corrected chi connectivity index (χ0v) is 13.4. The van der Waals surface area contributed by atoms with E-state index in [9.17, 15) is 4.79 Å². The molecule has 0 aliphatic rings. The van der Waals surface area contributed by atoms with E-state index in [0.717, 1.165) is 16.9 Å². The maximum Gasteiger partial charge on any atom is 0.260 e. The lowest BCUT2D eigenvalue weighted by Crippen LogP contribution is -2.37. The average molecular weight is 306 g/mol. The van der Waals surface area contributed by atoms with Gasteiger partial charge in [0.15, 0.2) is 6.61 Å². The number of amides is 1. The molecule has 1 aromatic carbocycles. The summed E-state index contributed by atoms with van der Waals surface area (Å²) in [5.41, 5.74) is 7.58. The van der Waals surface area contributed by atoms with Crippen molar-refractivity contribution < 1.29 is 9.53 Å². The normalized spacial score (nSPS) is 10.0. The van der Waals surface area contributed by atoms with E-state index in [1.54, 1.807) is 11.0 Å². The Hall–Kier alpha value is -1.88. The van der Waals surface area contributed by atoms with Crippen molar-refractivity contribution in [1.29, 1.82) is 0 Å². The fraction of sp³-hybridized carbons (Fsp3) is 0.375. The highest BCUT2D eigenvalue weighted by molar-refractivity contribution is 7.80. The molecule has 4 nitrogen and oxygen atoms in total. The monoisotopic (exact) mass is 306 g/mol. The standard InChI is InChI=1S/C16H22N2O2S/c1-4-8-18(9-7-15(17)21)16(19)11-20-14-10-12(2)5-6-13(14)3/h4-6,10H,1,7-9,11H2,2-3H3,(H2,17,21). The molecule has 0 saturated heterocycles. The number of carbonyl (C=O) groups excluding carboxylic acids is 1. The van der Waals surface area contributed by atoms with E-state index in [4.69, 9.17) is 22.7 Å². The van der Waals surface area contributed by atoms with E-state index in [0.29, 0.717) is 24.5 Å². The summed E-state index contributed by atoms with van der Waals surface area (Å²) in [6.45, 7) is 8.53. The number of rotatable bonds is 8. The molecule has 5 heteroatoms. The first-order chi connectivity index (χ1) is 9.93. The van der Waals surface area contributed by atoms with Crippen LogP contribution in [0.15, 0.2) is 30.9 Å². The lowest BCUT2D eigenvalue weighted by molar-refractivity contribution is -0.132. The Morgan fingerprint density at radius 3 is 2.81 bits per heavy atom. The van der Waals surface area contributed by atoms with Gasteiger partial charge in [-0.15, -0.1) is 6.58 Å². The summed E-state index contributed by atoms with van der Waals surface area (Å²) < 4.78 is 5.62. The predicted molar refractivity (Wildman–Crippen MR) is 89.6 cm³/mol. The number of thiocarbonyl (C=S) groups is 1. The summed E-state index contributed by atoms with van der Waals surface area (Å²) in [7, 11) is 0. The number of aryl methyl sites for hydroxylation is 2. The third-order valence-corrected chi connectivity index (χ3v) is 3.23. The van der Waals surface area contributed by atoms with Gasteiger partial charge in [-0.05, 0) is 31.0 Å². The lowest BCUT2D eigenvalue weighted by Gasteiger charge is -2.21. The third kappa shape index (κ3) is 5.95. The number of ether oxygens (including phenoxy) is 1. The number of hydrogen-bond acceptors (Lipinski definition) is 3. The first-order valence-electron chi connectivity index (χ1n) is 6.81. The van der Waals surface area contributed by atoms with Crippen molar-refractivity contribution in [2.45, 2.75) is 20.3 Å². The van der Waals surface area contributed by atoms with Crippen LogP contribution >= 0.6 is 12.2 Å². The van der Waals surface area contributed by atoms with Gasteiger partial charge >= 0.3 is 0 Å². The van der Waals surface area contributed by atoms with Crippen molar-refractivity contribution in [3.63, 3.8) is 0 Å². The zero-order chi connectivity index (χ0) is 15.8. The summed E-state index contributed by atoms with van der Waals surface area (Å²) >= 11 is 4.84. The number of benzene rings is 1. The van der Waals surface area contributed by atoms with Crippen LogP contribution in [0.5, 0.6) is 5.75 Å². The molecule has 0 atom stereocenters. The number of nitrogens with two attached hydrogens (primary N) is 1. The smallest absolute Gasteiger partial charge is 0.260 e. The van der Waals surface area contributed by atoms with Crippen LogP contribution in [0, 0.1) is 13.8 Å². The molecular weight excluding hydrogens is 284 g/mol. The summed E-state index contributed by atoms with van der Waals surface area (Å²) in [5, 5.41) is 0. The summed E-state index contributed by atoms with van der Waals surface area (Å²) in [4.78, 5) is 14.2. The van der Waals surface area contributed by atoms with Crippen LogP contribution in [0.4, 0.5) is 0 Å². The van der Waals surface area contributed by atoms with E-state index in [2.05, 4.69) is 6.58 Å². The minimum atomic E-state index is -0.105. The maximum absolute atomic E-state index is 12.2. The van der Waals surface area contributed by atoms with Gasteiger partial charge in [-0.1, -0.05) is 30.4 Å². The molecule has 0 aliphatic carbocycles. The Morgan fingerprint density at radius 2 is 2.19 bits per heavy atom. The SMILES string of the molecule is C=CCN(CCC(N)=S)C(=O)COc1cc(C)ccc1C. The highest BCUT2D eigenvalue weighted by Gasteiger charge is 2.13. The van der Waals surface area contributed by atoms with Crippen LogP contribution in [-0.4, -0.2) is 35.5 Å². The first-order valence-corrected chi connectivity index (χ1v) is 7.22. The molecule has 0 aromatic heterocycles. The van der Waals surface area contributed by atoms with Crippen molar-refractivity contribution >= 4 is 23.1 Å². The van der Waals surface area contributed by atoms with Crippen LogP contribution < -0.4 is 10.5 Å². The van der Waals surface area contributed by atoms with E-state index in [1.807, 2.05) is 32.0 Å². The van der Waals surface area contributed by atoms with Crippen molar-refractivity contribution in [2.24, 2.45) is 5.73 Å². The molecule has 2 N–H and O–H groups in total. The van der Waals surface area contributed by atoms with Crippen LogP contribution in [-0.2, 0) is 4.79 Å². The molecule has 1 rings (SSSR count). The van der Waals surface area contributed by atoms with Crippen LogP contribution in [0.1, 0.15) is 17.5 Å². The quantitative estimate of drug-likeness (QED) is 0.592. The second kappa shape index (κ2) is 8.42. The molecule has 0 aliphatic heterocycles. The van der Waals surface area contributed by atoms with Gasteiger partial charge in [0.25, 0.3) is 5.91 Å². The van der Waals surface area contributed by atoms with Crippen LogP contribution in [0.25, 0.3) is 0 Å². The number of carbonyl (C=O) groups is 1. The topological polar surface area (TPSA) is 55.6 Å². The summed E-state index contributed by atoms with van der Waals surface area (Å²) in [6.07, 6.45) is 2.17. The Labute approximate surface area is 131 Å². The minimum absolute atomic E-state index is 0.00450. The van der Waals surface area contributed by atoms with Crippen molar-refractivity contribution in [1.82, 2.24) is 4.90 Å². The number of hydrogen-bond donors (Lipinski definition) is 1. The first kappa shape index (κ1) is 17.2. The molecule has 1 amide bonds. The van der Waals surface area contributed by atoms with Gasteiger partial charge < -0.3 is 15.4 Å². The predicted octanol–water partition coefficient (Wildman–Crippen LogP) is 2.37. The molecule has 0 bridgehead atoms. The van der Waals surface area contributed by atoms with Crippen molar-refractivity contribution in [3.05, 3.63) is 42.0 Å². The highest BCUT2D eigenvalue weighted by atomic mass is 32.1. The molecule has 21 heavy (non-hydrogen) atoms. The molecule has 114 valence electrons. The molecule has 0 fully saturated rings. The summed E-state index contributed by atoms with van der Waals surface area (Å²) in [5.74, 6) is 0.628. The van der Waals surface area contributed by atoms with E-state index in [1.165, 1.54) is 0 Å². The van der Waals surface area contributed by atoms with Gasteiger partial charge in [-0.2, -0.15) is 0 Å². The molecule has 0 spiro atoms. The molecule has 0 heterocycles. The van der Waals surface area contributed by atoms with Crippen molar-refractivity contribution in [3.8, 4) is 5.75 Å². The fourth-order valence-corrected chi connectivity index (χ4v) is 1.90. The third-order valence-electron chi connectivity index (χ3n) is 3.03. The summed E-state index contributed by atoms with van der Waals surface area (Å²) in [6, 6.07) is 5.91. The van der Waals surface area contributed by atoms with Gasteiger partial charge in [0.05, 0.1) is 4.99 Å². The molecular formula is C16H22N2O2S. The van der Waals surface area contributed by atoms with Gasteiger partial charge in [-0.3, -0.25) is 4.79 Å². The maximum atomic E-state index is 12.2. The van der Waals surface area contributed by atoms with Gasteiger partial charge in [0, 0.05) is 19.5 Å². The zero-order valence-electron chi connectivity index (χ0n) is 12.6. The van der Waals surface area contributed by atoms with E-state index >= 15 is 0 Å². The Morgan fingerprint density at radius 1 is 1.48 bits per heavy atom. The highest BCUT2D eigenvalue weighted by Crippen LogP contribution is 2.19. The van der Waals surface area contributed by atoms with E-state index < -0.39 is 0 Å². The van der Waals surface area contributed by atoms with Gasteiger partial charge in [0.1, 0.15) is 5.75 Å². The molecule has 0 radical (unpaired) electrons. The lowest BCUT2D eigenvalue weighted by atomic mass is 10.1. The largest absolute Gasteiger partial charge is 0.483 e. The Balaban J connectivity index is 2.62. The van der Waals surface area contributed by atoms with E-state index in [-0.39, 0.29) is 12.5 Å². The Kier molecular flexibility index (Phi) is 6.88. The second-order valence-electron chi connectivity index (χ2n) is 4.90. The molecule has 0 saturated carbocycles. The minimum Gasteiger partial charge on any atom is -0.483 e. The second-order valence-corrected chi connectivity index (χ2v) is 5.43. The van der Waals surface area contributed by atoms with Gasteiger partial charge in [-0.25, -0.2) is 0 Å². The molecule has 1 aromatic rings. The van der Waals surface area contributed by atoms with Crippen LogP contribution in [0.2, 0.25) is 0 Å². The van der Waals surface area contributed by atoms with Crippen molar-refractivity contribution in [2.75, 3.05) is 19.7 Å². The number of nitrogens with zero attached hydrogens (tertiary/aromatic N) is 1. The Bertz CT molecular complexity index is 529. The molecule has 0 unspecified atom stereocenters. The average Bonchev–Trinajstić information content (AvgIpc) is 2.43. The van der Waals surface area contributed by atoms with Gasteiger partial charge in [0.2, 0.25) is 0 Å². The van der Waals surface area contributed by atoms with Crippen LogP contribution in [0.3, 0.4) is 0 Å².